The molecule has 0 aliphatic heterocycles. The van der Waals surface area contributed by atoms with Crippen LogP contribution in [0.2, 0.25) is 0 Å². The number of carbonyl (C=O) groups excluding carboxylic acids is 1. The van der Waals surface area contributed by atoms with Crippen LogP contribution >= 0.6 is 15.9 Å². The van der Waals surface area contributed by atoms with Gasteiger partial charge in [0, 0.05) is 18.3 Å². The van der Waals surface area contributed by atoms with Crippen molar-refractivity contribution in [1.82, 2.24) is 9.97 Å². The normalized spacial score (nSPS) is 9.95. The van der Waals surface area contributed by atoms with E-state index in [0.717, 1.165) is 5.69 Å². The summed E-state index contributed by atoms with van der Waals surface area (Å²) < 4.78 is 5.78. The fraction of sp³-hybridized carbons (Fsp3) is 0.154. The van der Waals surface area contributed by atoms with E-state index in [2.05, 4.69) is 36.5 Å². The zero-order valence-corrected chi connectivity index (χ0v) is 12.6. The number of carbonyl (C=O) groups is 1. The summed E-state index contributed by atoms with van der Waals surface area (Å²) in [5.41, 5.74) is 1.47. The molecule has 0 fully saturated rings. The van der Waals surface area contributed by atoms with Gasteiger partial charge >= 0.3 is 0 Å². The Morgan fingerprint density at radius 1 is 1.35 bits per heavy atom. The Kier molecular flexibility index (Phi) is 4.52. The molecule has 0 unspecified atom stereocenters. The Bertz CT molecular complexity index is 634. The van der Waals surface area contributed by atoms with Crippen LogP contribution in [0.5, 0.6) is 5.88 Å². The van der Waals surface area contributed by atoms with Crippen molar-refractivity contribution in [3.8, 4) is 5.88 Å². The second kappa shape index (κ2) is 6.33. The van der Waals surface area contributed by atoms with Gasteiger partial charge in [0.2, 0.25) is 17.7 Å². The molecule has 1 heterocycles. The number of anilines is 3. The van der Waals surface area contributed by atoms with E-state index in [4.69, 9.17) is 4.74 Å². The van der Waals surface area contributed by atoms with Crippen molar-refractivity contribution < 1.29 is 9.53 Å². The second-order valence-electron chi connectivity index (χ2n) is 3.94. The third-order valence-corrected chi connectivity index (χ3v) is 2.89. The minimum absolute atomic E-state index is 0.122. The highest BCUT2D eigenvalue weighted by Crippen LogP contribution is 2.24. The van der Waals surface area contributed by atoms with Crippen molar-refractivity contribution in [3.05, 3.63) is 34.9 Å². The predicted octanol–water partition coefficient (Wildman–Crippen LogP) is 2.95. The topological polar surface area (TPSA) is 76.1 Å². The molecule has 2 rings (SSSR count). The molecule has 0 bridgehead atoms. The summed E-state index contributed by atoms with van der Waals surface area (Å²) in [5.74, 6) is 0.731. The molecule has 2 aromatic rings. The van der Waals surface area contributed by atoms with Crippen LogP contribution < -0.4 is 15.4 Å². The van der Waals surface area contributed by atoms with Crippen LogP contribution in [-0.2, 0) is 4.79 Å². The molecule has 1 amide bonds. The molecule has 0 saturated carbocycles. The molecule has 7 heteroatoms. The first-order valence-corrected chi connectivity index (χ1v) is 6.59. The summed E-state index contributed by atoms with van der Waals surface area (Å²) >= 11 is 3.29. The molecule has 0 atom stereocenters. The van der Waals surface area contributed by atoms with Crippen molar-refractivity contribution in [1.29, 1.82) is 0 Å². The minimum Gasteiger partial charge on any atom is -0.480 e. The van der Waals surface area contributed by atoms with Gasteiger partial charge in [-0.15, -0.1) is 0 Å². The number of nitrogens with one attached hydrogen (secondary N) is 2. The van der Waals surface area contributed by atoms with Crippen molar-refractivity contribution in [2.45, 2.75) is 6.92 Å². The lowest BCUT2D eigenvalue weighted by molar-refractivity contribution is -0.114. The monoisotopic (exact) mass is 336 g/mol. The molecule has 0 spiro atoms. The largest absolute Gasteiger partial charge is 0.480 e. The van der Waals surface area contributed by atoms with Gasteiger partial charge in [0.05, 0.1) is 17.8 Å². The summed E-state index contributed by atoms with van der Waals surface area (Å²) in [7, 11) is 1.54. The first-order valence-electron chi connectivity index (χ1n) is 5.79. The summed E-state index contributed by atoms with van der Waals surface area (Å²) in [5, 5.41) is 5.76. The van der Waals surface area contributed by atoms with E-state index in [9.17, 15) is 4.79 Å². The summed E-state index contributed by atoms with van der Waals surface area (Å²) in [6.07, 6.45) is 1.60. The molecule has 104 valence electrons. The van der Waals surface area contributed by atoms with Crippen LogP contribution in [0.25, 0.3) is 0 Å². The SMILES string of the molecule is COc1nc(Nc2cccc(NC(C)=O)c2)ncc1Br. The Balaban J connectivity index is 2.19. The summed E-state index contributed by atoms with van der Waals surface area (Å²) in [6.45, 7) is 1.46. The first kappa shape index (κ1) is 14.3. The van der Waals surface area contributed by atoms with E-state index < -0.39 is 0 Å². The van der Waals surface area contributed by atoms with Gasteiger partial charge in [0.15, 0.2) is 0 Å². The lowest BCUT2D eigenvalue weighted by Crippen LogP contribution is -2.06. The average Bonchev–Trinajstić information content (AvgIpc) is 2.40. The Labute approximate surface area is 124 Å². The van der Waals surface area contributed by atoms with Gasteiger partial charge in [0.1, 0.15) is 0 Å². The number of rotatable bonds is 4. The van der Waals surface area contributed by atoms with Gasteiger partial charge in [-0.25, -0.2) is 4.98 Å². The molecular formula is C13H13BrN4O2. The van der Waals surface area contributed by atoms with E-state index in [1.807, 2.05) is 12.1 Å². The number of amides is 1. The first-order chi connectivity index (χ1) is 9.58. The zero-order valence-electron chi connectivity index (χ0n) is 11.0. The fourth-order valence-electron chi connectivity index (χ4n) is 1.56. The van der Waals surface area contributed by atoms with Gasteiger partial charge in [-0.3, -0.25) is 4.79 Å². The van der Waals surface area contributed by atoms with Gasteiger partial charge in [-0.1, -0.05) is 6.07 Å². The van der Waals surface area contributed by atoms with Gasteiger partial charge in [0.25, 0.3) is 0 Å². The van der Waals surface area contributed by atoms with E-state index in [1.165, 1.54) is 14.0 Å². The maximum Gasteiger partial charge on any atom is 0.232 e. The van der Waals surface area contributed by atoms with Crippen molar-refractivity contribution in [3.63, 3.8) is 0 Å². The highest BCUT2D eigenvalue weighted by atomic mass is 79.9. The maximum atomic E-state index is 11.0. The third-order valence-electron chi connectivity index (χ3n) is 2.34. The second-order valence-corrected chi connectivity index (χ2v) is 4.79. The lowest BCUT2D eigenvalue weighted by atomic mass is 10.3. The molecule has 0 radical (unpaired) electrons. The van der Waals surface area contributed by atoms with Crippen molar-refractivity contribution in [2.24, 2.45) is 0 Å². The Hall–Kier alpha value is -2.15. The van der Waals surface area contributed by atoms with Crippen LogP contribution in [0, 0.1) is 0 Å². The number of benzene rings is 1. The van der Waals surface area contributed by atoms with Crippen molar-refractivity contribution in [2.75, 3.05) is 17.7 Å². The fourth-order valence-corrected chi connectivity index (χ4v) is 1.91. The lowest BCUT2D eigenvalue weighted by Gasteiger charge is -2.09. The zero-order chi connectivity index (χ0) is 14.5. The Morgan fingerprint density at radius 2 is 2.10 bits per heavy atom. The molecule has 0 saturated heterocycles. The number of ether oxygens (including phenoxy) is 1. The number of nitrogens with zero attached hydrogens (tertiary/aromatic N) is 2. The number of aromatic nitrogens is 2. The molecule has 20 heavy (non-hydrogen) atoms. The van der Waals surface area contributed by atoms with Gasteiger partial charge in [-0.2, -0.15) is 4.98 Å². The Morgan fingerprint density at radius 3 is 2.80 bits per heavy atom. The smallest absolute Gasteiger partial charge is 0.232 e. The van der Waals surface area contributed by atoms with E-state index >= 15 is 0 Å². The van der Waals surface area contributed by atoms with Crippen LogP contribution in [0.4, 0.5) is 17.3 Å². The summed E-state index contributed by atoms with van der Waals surface area (Å²) in [6, 6.07) is 7.27. The van der Waals surface area contributed by atoms with Crippen molar-refractivity contribution >= 4 is 39.2 Å². The molecule has 1 aromatic heterocycles. The van der Waals surface area contributed by atoms with Crippen LogP contribution in [-0.4, -0.2) is 23.0 Å². The van der Waals surface area contributed by atoms with Crippen LogP contribution in [0.3, 0.4) is 0 Å². The molecule has 0 aliphatic carbocycles. The molecule has 2 N–H and O–H groups in total. The standard InChI is InChI=1S/C13H13BrN4O2/c1-8(19)16-9-4-3-5-10(6-9)17-13-15-7-11(14)12(18-13)20-2/h3-7H,1-2H3,(H,16,19)(H,15,17,18). The van der Waals surface area contributed by atoms with Gasteiger partial charge < -0.3 is 15.4 Å². The maximum absolute atomic E-state index is 11.0. The number of methoxy groups -OCH3 is 1. The quantitative estimate of drug-likeness (QED) is 0.897. The van der Waals surface area contributed by atoms with Crippen LogP contribution in [0.15, 0.2) is 34.9 Å². The number of hydrogen-bond acceptors (Lipinski definition) is 5. The molecular weight excluding hydrogens is 324 g/mol. The average molecular weight is 337 g/mol. The van der Waals surface area contributed by atoms with Crippen LogP contribution in [0.1, 0.15) is 6.92 Å². The van der Waals surface area contributed by atoms with Gasteiger partial charge in [-0.05, 0) is 34.1 Å². The highest BCUT2D eigenvalue weighted by Gasteiger charge is 2.05. The number of hydrogen-bond donors (Lipinski definition) is 2. The summed E-state index contributed by atoms with van der Waals surface area (Å²) in [4.78, 5) is 19.4. The molecule has 1 aromatic carbocycles. The van der Waals surface area contributed by atoms with E-state index in [0.29, 0.717) is 22.0 Å². The minimum atomic E-state index is -0.122. The molecule has 0 aliphatic rings. The highest BCUT2D eigenvalue weighted by molar-refractivity contribution is 9.10. The predicted molar refractivity (Wildman–Crippen MR) is 80.3 cm³/mol. The number of halogens is 1. The van der Waals surface area contributed by atoms with E-state index in [-0.39, 0.29) is 5.91 Å². The third kappa shape index (κ3) is 3.67. The molecule has 6 nitrogen and oxygen atoms in total. The van der Waals surface area contributed by atoms with E-state index in [1.54, 1.807) is 18.3 Å².